The van der Waals surface area contributed by atoms with Crippen molar-refractivity contribution in [1.82, 2.24) is 20.0 Å². The predicted octanol–water partition coefficient (Wildman–Crippen LogP) is 2.73. The Balaban J connectivity index is 1.62. The SMILES string of the molecule is Cc1ccc(CN2CSC(C)(C3CN(CC(F)(F)F)CCC3[O])C2)nn1. The van der Waals surface area contributed by atoms with E-state index in [2.05, 4.69) is 15.1 Å². The molecule has 0 aliphatic carbocycles. The van der Waals surface area contributed by atoms with Gasteiger partial charge in [0.2, 0.25) is 0 Å². The van der Waals surface area contributed by atoms with E-state index < -0.39 is 18.8 Å². The van der Waals surface area contributed by atoms with Gasteiger partial charge in [0, 0.05) is 42.7 Å². The van der Waals surface area contributed by atoms with Gasteiger partial charge in [-0.3, -0.25) is 9.80 Å². The first-order valence-electron chi connectivity index (χ1n) is 8.75. The van der Waals surface area contributed by atoms with Crippen molar-refractivity contribution in [1.29, 1.82) is 0 Å². The van der Waals surface area contributed by atoms with Crippen LogP contribution < -0.4 is 0 Å². The third kappa shape index (κ3) is 4.88. The van der Waals surface area contributed by atoms with E-state index >= 15 is 0 Å². The summed E-state index contributed by atoms with van der Waals surface area (Å²) in [5.41, 5.74) is 1.72. The second-order valence-corrected chi connectivity index (χ2v) is 9.00. The summed E-state index contributed by atoms with van der Waals surface area (Å²) in [4.78, 5) is 3.58. The highest BCUT2D eigenvalue weighted by atomic mass is 32.2. The molecule has 2 saturated heterocycles. The number of rotatable bonds is 4. The molecule has 3 rings (SSSR count). The average Bonchev–Trinajstić information content (AvgIpc) is 2.92. The molecule has 0 spiro atoms. The van der Waals surface area contributed by atoms with E-state index in [1.165, 1.54) is 4.90 Å². The zero-order valence-electron chi connectivity index (χ0n) is 15.0. The maximum absolute atomic E-state index is 12.7. The van der Waals surface area contributed by atoms with E-state index in [0.29, 0.717) is 13.1 Å². The third-order valence-electron chi connectivity index (χ3n) is 5.17. The van der Waals surface area contributed by atoms with Crippen LogP contribution in [0.2, 0.25) is 0 Å². The zero-order chi connectivity index (χ0) is 18.9. The fourth-order valence-electron chi connectivity index (χ4n) is 3.82. The van der Waals surface area contributed by atoms with E-state index in [0.717, 1.165) is 17.3 Å². The summed E-state index contributed by atoms with van der Waals surface area (Å²) in [6, 6.07) is 3.85. The van der Waals surface area contributed by atoms with Gasteiger partial charge in [-0.1, -0.05) is 0 Å². The van der Waals surface area contributed by atoms with Crippen LogP contribution in [0.5, 0.6) is 0 Å². The second-order valence-electron chi connectivity index (χ2n) is 7.52. The molecule has 2 aliphatic rings. The molecule has 1 aromatic rings. The number of thioether (sulfide) groups is 1. The van der Waals surface area contributed by atoms with Gasteiger partial charge in [-0.25, -0.2) is 5.11 Å². The summed E-state index contributed by atoms with van der Waals surface area (Å²) in [7, 11) is 0. The molecule has 3 heterocycles. The van der Waals surface area contributed by atoms with E-state index in [-0.39, 0.29) is 30.2 Å². The van der Waals surface area contributed by atoms with Crippen LogP contribution >= 0.6 is 11.8 Å². The number of hydrogen-bond donors (Lipinski definition) is 0. The van der Waals surface area contributed by atoms with Crippen LogP contribution in [-0.4, -0.2) is 69.1 Å². The van der Waals surface area contributed by atoms with Crippen LogP contribution in [-0.2, 0) is 11.7 Å². The molecule has 0 saturated carbocycles. The highest BCUT2D eigenvalue weighted by Crippen LogP contribution is 2.44. The Labute approximate surface area is 156 Å². The number of nitrogens with zero attached hydrogens (tertiary/aromatic N) is 4. The standard InChI is InChI=1S/C17H24F3N4OS/c1-12-3-4-13(22-21-12)7-24-9-16(2,26-11-24)14-8-23(6-5-15(14)25)10-17(18,19)20/h3-4,14-15H,5-11H2,1-2H3. The Morgan fingerprint density at radius 2 is 2.08 bits per heavy atom. The van der Waals surface area contributed by atoms with E-state index in [1.54, 1.807) is 11.8 Å². The first-order chi connectivity index (χ1) is 12.1. The molecule has 1 radical (unpaired) electrons. The molecule has 3 atom stereocenters. The van der Waals surface area contributed by atoms with Crippen molar-refractivity contribution in [3.05, 3.63) is 23.5 Å². The molecule has 0 bridgehead atoms. The lowest BCUT2D eigenvalue weighted by Crippen LogP contribution is -2.54. The van der Waals surface area contributed by atoms with E-state index in [1.807, 2.05) is 26.0 Å². The van der Waals surface area contributed by atoms with Gasteiger partial charge in [0.05, 0.1) is 24.0 Å². The quantitative estimate of drug-likeness (QED) is 0.793. The zero-order valence-corrected chi connectivity index (χ0v) is 15.8. The average molecular weight is 389 g/mol. The van der Waals surface area contributed by atoms with Gasteiger partial charge in [-0.15, -0.1) is 11.8 Å². The molecule has 145 valence electrons. The smallest absolute Gasteiger partial charge is 0.294 e. The number of likely N-dealkylation sites (tertiary alicyclic amines) is 1. The maximum atomic E-state index is 12.7. The van der Waals surface area contributed by atoms with Crippen molar-refractivity contribution in [2.24, 2.45) is 5.92 Å². The Bertz CT molecular complexity index is 615. The fourth-order valence-corrected chi connectivity index (χ4v) is 5.20. The minimum Gasteiger partial charge on any atom is -0.294 e. The lowest BCUT2D eigenvalue weighted by molar-refractivity contribution is -0.156. The topological polar surface area (TPSA) is 52.2 Å². The number of halogens is 3. The van der Waals surface area contributed by atoms with Crippen LogP contribution in [0, 0.1) is 12.8 Å². The lowest BCUT2D eigenvalue weighted by Gasteiger charge is -2.43. The van der Waals surface area contributed by atoms with Crippen molar-refractivity contribution < 1.29 is 18.3 Å². The Hall–Kier alpha value is -0.900. The van der Waals surface area contributed by atoms with Crippen LogP contribution in [0.1, 0.15) is 24.7 Å². The van der Waals surface area contributed by atoms with Crippen molar-refractivity contribution in [2.45, 2.75) is 43.8 Å². The lowest BCUT2D eigenvalue weighted by atomic mass is 9.83. The Morgan fingerprint density at radius 1 is 1.31 bits per heavy atom. The van der Waals surface area contributed by atoms with Crippen LogP contribution in [0.25, 0.3) is 0 Å². The molecule has 2 fully saturated rings. The molecule has 26 heavy (non-hydrogen) atoms. The van der Waals surface area contributed by atoms with Gasteiger partial charge < -0.3 is 0 Å². The molecule has 2 aliphatic heterocycles. The first-order valence-corrected chi connectivity index (χ1v) is 9.74. The van der Waals surface area contributed by atoms with Crippen LogP contribution in [0.4, 0.5) is 13.2 Å². The van der Waals surface area contributed by atoms with Crippen molar-refractivity contribution in [3.63, 3.8) is 0 Å². The summed E-state index contributed by atoms with van der Waals surface area (Å²) in [6.45, 7) is 4.73. The first kappa shape index (κ1) is 19.9. The second kappa shape index (κ2) is 7.61. The molecule has 0 amide bonds. The number of piperidine rings is 1. The van der Waals surface area contributed by atoms with Gasteiger partial charge in [0.1, 0.15) is 0 Å². The summed E-state index contributed by atoms with van der Waals surface area (Å²) >= 11 is 1.68. The van der Waals surface area contributed by atoms with Crippen molar-refractivity contribution >= 4 is 11.8 Å². The summed E-state index contributed by atoms with van der Waals surface area (Å²) in [6.07, 6.45) is -4.75. The summed E-state index contributed by atoms with van der Waals surface area (Å²) in [5.74, 6) is 0.451. The molecule has 3 unspecified atom stereocenters. The van der Waals surface area contributed by atoms with Gasteiger partial charge in [0.25, 0.3) is 0 Å². The monoisotopic (exact) mass is 389 g/mol. The Kier molecular flexibility index (Phi) is 5.81. The van der Waals surface area contributed by atoms with Crippen molar-refractivity contribution in [2.75, 3.05) is 32.1 Å². The molecule has 0 aromatic carbocycles. The number of alkyl halides is 3. The molecular formula is C17H24F3N4OS. The van der Waals surface area contributed by atoms with Gasteiger partial charge >= 0.3 is 6.18 Å². The number of aryl methyl sites for hydroxylation is 1. The molecule has 5 nitrogen and oxygen atoms in total. The predicted molar refractivity (Wildman–Crippen MR) is 93.1 cm³/mol. The largest absolute Gasteiger partial charge is 0.401 e. The van der Waals surface area contributed by atoms with Crippen LogP contribution in [0.3, 0.4) is 0 Å². The molecule has 1 aromatic heterocycles. The fraction of sp³-hybridized carbons (Fsp3) is 0.765. The Morgan fingerprint density at radius 3 is 2.73 bits per heavy atom. The van der Waals surface area contributed by atoms with E-state index in [4.69, 9.17) is 0 Å². The van der Waals surface area contributed by atoms with Gasteiger partial charge in [-0.2, -0.15) is 23.4 Å². The van der Waals surface area contributed by atoms with Crippen molar-refractivity contribution in [3.8, 4) is 0 Å². The van der Waals surface area contributed by atoms with Crippen LogP contribution in [0.15, 0.2) is 12.1 Å². The normalized spacial score (nSPS) is 31.5. The highest BCUT2D eigenvalue weighted by molar-refractivity contribution is 8.00. The minimum absolute atomic E-state index is 0.218. The molecule has 0 N–H and O–H groups in total. The van der Waals surface area contributed by atoms with E-state index in [9.17, 15) is 18.3 Å². The molecule has 9 heteroatoms. The van der Waals surface area contributed by atoms with Gasteiger partial charge in [-0.05, 0) is 32.4 Å². The summed E-state index contributed by atoms with van der Waals surface area (Å²) in [5, 5.41) is 20.8. The minimum atomic E-state index is -4.22. The number of hydrogen-bond acceptors (Lipinski definition) is 5. The van der Waals surface area contributed by atoms with Gasteiger partial charge in [0.15, 0.2) is 0 Å². The highest BCUT2D eigenvalue weighted by Gasteiger charge is 2.48. The third-order valence-corrected chi connectivity index (χ3v) is 6.76. The molecular weight excluding hydrogens is 365 g/mol. The summed E-state index contributed by atoms with van der Waals surface area (Å²) < 4.78 is 37.8. The maximum Gasteiger partial charge on any atom is 0.401 e. The number of aromatic nitrogens is 2.